The molecule has 0 aliphatic carbocycles. The summed E-state index contributed by atoms with van der Waals surface area (Å²) in [6.07, 6.45) is 3.81. The highest BCUT2D eigenvalue weighted by Gasteiger charge is 2.26. The van der Waals surface area contributed by atoms with E-state index in [0.717, 1.165) is 11.6 Å². The molecule has 0 unspecified atom stereocenters. The summed E-state index contributed by atoms with van der Waals surface area (Å²) < 4.78 is 0. The predicted molar refractivity (Wildman–Crippen MR) is 112 cm³/mol. The van der Waals surface area contributed by atoms with E-state index >= 15 is 0 Å². The second-order valence-corrected chi connectivity index (χ2v) is 7.07. The number of halogens is 1. The van der Waals surface area contributed by atoms with Crippen LogP contribution in [0.3, 0.4) is 0 Å². The molecule has 4 rings (SSSR count). The van der Waals surface area contributed by atoms with E-state index in [1.165, 1.54) is 18.3 Å². The first kappa shape index (κ1) is 19.5. The molecule has 0 saturated carbocycles. The lowest BCUT2D eigenvalue weighted by Gasteiger charge is -2.18. The standard InChI is InChI=1S/C21H15ClN4O4/c22-18-6-5-16(26(29)30)11-17(18)20(27)24-15-4-3-13-7-9-25(19(13)10-15)21(28)14-2-1-8-23-12-14/h1-6,8,10-12H,7,9H2,(H,24,27). The van der Waals surface area contributed by atoms with Gasteiger partial charge in [0.25, 0.3) is 17.5 Å². The Labute approximate surface area is 176 Å². The maximum atomic E-state index is 12.8. The molecular formula is C21H15ClN4O4. The van der Waals surface area contributed by atoms with Crippen LogP contribution in [0.2, 0.25) is 5.02 Å². The van der Waals surface area contributed by atoms with Crippen LogP contribution in [-0.4, -0.2) is 28.3 Å². The fraction of sp³-hybridized carbons (Fsp3) is 0.0952. The van der Waals surface area contributed by atoms with Gasteiger partial charge < -0.3 is 10.2 Å². The molecule has 0 fully saturated rings. The molecule has 1 N–H and O–H groups in total. The summed E-state index contributed by atoms with van der Waals surface area (Å²) in [5.41, 5.74) is 2.38. The first-order valence-electron chi connectivity index (χ1n) is 9.04. The van der Waals surface area contributed by atoms with Gasteiger partial charge in [-0.15, -0.1) is 0 Å². The summed E-state index contributed by atoms with van der Waals surface area (Å²) >= 11 is 6.05. The van der Waals surface area contributed by atoms with Gasteiger partial charge in [0.2, 0.25) is 0 Å². The van der Waals surface area contributed by atoms with E-state index in [4.69, 9.17) is 11.6 Å². The molecule has 0 saturated heterocycles. The summed E-state index contributed by atoms with van der Waals surface area (Å²) in [5.74, 6) is -0.751. The van der Waals surface area contributed by atoms with Crippen molar-refractivity contribution in [2.45, 2.75) is 6.42 Å². The molecule has 8 nitrogen and oxygen atoms in total. The number of carbonyl (C=O) groups is 2. The summed E-state index contributed by atoms with van der Waals surface area (Å²) in [6.45, 7) is 0.525. The number of rotatable bonds is 4. The molecule has 2 heterocycles. The minimum atomic E-state index is -0.593. The van der Waals surface area contributed by atoms with Crippen molar-refractivity contribution in [3.8, 4) is 0 Å². The van der Waals surface area contributed by atoms with E-state index in [2.05, 4.69) is 10.3 Å². The first-order valence-corrected chi connectivity index (χ1v) is 9.42. The maximum Gasteiger partial charge on any atom is 0.270 e. The molecule has 150 valence electrons. The second kappa shape index (κ2) is 7.92. The Balaban J connectivity index is 1.59. The highest BCUT2D eigenvalue weighted by Crippen LogP contribution is 2.32. The Kier molecular flexibility index (Phi) is 5.16. The molecule has 2 amide bonds. The van der Waals surface area contributed by atoms with Gasteiger partial charge >= 0.3 is 0 Å². The summed E-state index contributed by atoms with van der Waals surface area (Å²) in [5, 5.41) is 13.8. The van der Waals surface area contributed by atoms with Crippen LogP contribution in [0, 0.1) is 10.1 Å². The van der Waals surface area contributed by atoms with Crippen LogP contribution in [0.25, 0.3) is 0 Å². The number of anilines is 2. The average molecular weight is 423 g/mol. The number of fused-ring (bicyclic) bond motifs is 1. The minimum Gasteiger partial charge on any atom is -0.322 e. The zero-order valence-electron chi connectivity index (χ0n) is 15.5. The van der Waals surface area contributed by atoms with E-state index in [1.54, 1.807) is 35.4 Å². The van der Waals surface area contributed by atoms with Gasteiger partial charge in [-0.3, -0.25) is 24.7 Å². The third-order valence-corrected chi connectivity index (χ3v) is 5.13. The number of amides is 2. The first-order chi connectivity index (χ1) is 14.4. The Bertz CT molecular complexity index is 1170. The van der Waals surface area contributed by atoms with E-state index in [0.29, 0.717) is 29.9 Å². The van der Waals surface area contributed by atoms with E-state index in [9.17, 15) is 19.7 Å². The van der Waals surface area contributed by atoms with Gasteiger partial charge in [0.15, 0.2) is 0 Å². The number of nitro groups is 1. The van der Waals surface area contributed by atoms with Crippen LogP contribution in [-0.2, 0) is 6.42 Å². The molecule has 1 aliphatic rings. The maximum absolute atomic E-state index is 12.8. The van der Waals surface area contributed by atoms with Crippen molar-refractivity contribution in [3.63, 3.8) is 0 Å². The molecule has 0 bridgehead atoms. The molecule has 3 aromatic rings. The van der Waals surface area contributed by atoms with Crippen molar-refractivity contribution in [1.29, 1.82) is 0 Å². The number of nitrogens with one attached hydrogen (secondary N) is 1. The fourth-order valence-electron chi connectivity index (χ4n) is 3.31. The average Bonchev–Trinajstić information content (AvgIpc) is 3.17. The van der Waals surface area contributed by atoms with Crippen LogP contribution >= 0.6 is 11.6 Å². The normalized spacial score (nSPS) is 12.4. The topological polar surface area (TPSA) is 105 Å². The summed E-state index contributed by atoms with van der Waals surface area (Å²) in [7, 11) is 0. The number of nitrogens with zero attached hydrogens (tertiary/aromatic N) is 3. The molecule has 0 spiro atoms. The van der Waals surface area contributed by atoms with Crippen molar-refractivity contribution in [1.82, 2.24) is 4.98 Å². The molecule has 30 heavy (non-hydrogen) atoms. The lowest BCUT2D eigenvalue weighted by Crippen LogP contribution is -2.29. The largest absolute Gasteiger partial charge is 0.322 e. The Morgan fingerprint density at radius 1 is 1.17 bits per heavy atom. The quantitative estimate of drug-likeness (QED) is 0.503. The van der Waals surface area contributed by atoms with Gasteiger partial charge in [0, 0.05) is 42.4 Å². The highest BCUT2D eigenvalue weighted by molar-refractivity contribution is 6.34. The number of non-ortho nitro benzene ring substituents is 1. The van der Waals surface area contributed by atoms with Crippen LogP contribution < -0.4 is 10.2 Å². The van der Waals surface area contributed by atoms with Gasteiger partial charge in [-0.05, 0) is 42.3 Å². The van der Waals surface area contributed by atoms with E-state index in [-0.39, 0.29) is 22.2 Å². The number of hydrogen-bond acceptors (Lipinski definition) is 5. The number of hydrogen-bond donors (Lipinski definition) is 1. The van der Waals surface area contributed by atoms with Crippen molar-refractivity contribution in [3.05, 3.63) is 92.8 Å². The predicted octanol–water partition coefficient (Wildman–Crippen LogP) is 4.10. The molecule has 1 aliphatic heterocycles. The van der Waals surface area contributed by atoms with Gasteiger partial charge in [-0.1, -0.05) is 17.7 Å². The lowest BCUT2D eigenvalue weighted by atomic mass is 10.1. The van der Waals surface area contributed by atoms with E-state index in [1.807, 2.05) is 6.07 Å². The minimum absolute atomic E-state index is 0.00495. The van der Waals surface area contributed by atoms with E-state index < -0.39 is 10.8 Å². The molecule has 9 heteroatoms. The van der Waals surface area contributed by atoms with Crippen molar-refractivity contribution in [2.75, 3.05) is 16.8 Å². The molecule has 0 atom stereocenters. The number of benzene rings is 2. The third kappa shape index (κ3) is 3.72. The van der Waals surface area contributed by atoms with Crippen LogP contribution in [0.4, 0.5) is 17.1 Å². The summed E-state index contributed by atoms with van der Waals surface area (Å²) in [4.78, 5) is 41.5. The third-order valence-electron chi connectivity index (χ3n) is 4.80. The van der Waals surface area contributed by atoms with Crippen LogP contribution in [0.1, 0.15) is 26.3 Å². The van der Waals surface area contributed by atoms with Crippen molar-refractivity contribution >= 4 is 40.5 Å². The second-order valence-electron chi connectivity index (χ2n) is 6.67. The number of carbonyl (C=O) groups excluding carboxylic acids is 2. The monoisotopic (exact) mass is 422 g/mol. The van der Waals surface area contributed by atoms with Gasteiger partial charge in [-0.2, -0.15) is 0 Å². The molecular weight excluding hydrogens is 408 g/mol. The fourth-order valence-corrected chi connectivity index (χ4v) is 3.52. The van der Waals surface area contributed by atoms with Crippen molar-refractivity contribution < 1.29 is 14.5 Å². The molecule has 0 radical (unpaired) electrons. The molecule has 1 aromatic heterocycles. The van der Waals surface area contributed by atoms with Crippen LogP contribution in [0.15, 0.2) is 60.9 Å². The van der Waals surface area contributed by atoms with Gasteiger partial charge in [0.1, 0.15) is 0 Å². The zero-order chi connectivity index (χ0) is 21.3. The highest BCUT2D eigenvalue weighted by atomic mass is 35.5. The Morgan fingerprint density at radius 3 is 2.73 bits per heavy atom. The van der Waals surface area contributed by atoms with Crippen LogP contribution in [0.5, 0.6) is 0 Å². The lowest BCUT2D eigenvalue weighted by molar-refractivity contribution is -0.384. The smallest absolute Gasteiger partial charge is 0.270 e. The number of aromatic nitrogens is 1. The molecule has 2 aromatic carbocycles. The van der Waals surface area contributed by atoms with Crippen molar-refractivity contribution in [2.24, 2.45) is 0 Å². The summed E-state index contributed by atoms with van der Waals surface area (Å²) in [6, 6.07) is 12.3. The number of pyridine rings is 1. The van der Waals surface area contributed by atoms with Gasteiger partial charge in [-0.25, -0.2) is 0 Å². The van der Waals surface area contributed by atoms with Gasteiger partial charge in [0.05, 0.1) is 21.1 Å². The number of nitro benzene ring substituents is 1. The Hall–Kier alpha value is -3.78. The Morgan fingerprint density at radius 2 is 2.00 bits per heavy atom. The zero-order valence-corrected chi connectivity index (χ0v) is 16.3. The SMILES string of the molecule is O=C(Nc1ccc2c(c1)N(C(=O)c1cccnc1)CC2)c1cc([N+](=O)[O-])ccc1Cl.